The summed E-state index contributed by atoms with van der Waals surface area (Å²) in [6.45, 7) is 5.71. The van der Waals surface area contributed by atoms with E-state index >= 15 is 0 Å². The Hall–Kier alpha value is -0.350. The van der Waals surface area contributed by atoms with Gasteiger partial charge in [0.2, 0.25) is 0 Å². The van der Waals surface area contributed by atoms with Crippen molar-refractivity contribution in [3.63, 3.8) is 0 Å². The number of likely N-dealkylation sites (tertiary alicyclic amines) is 1. The number of aromatic nitrogens is 2. The van der Waals surface area contributed by atoms with Gasteiger partial charge in [0.1, 0.15) is 0 Å². The molecule has 0 amide bonds. The zero-order chi connectivity index (χ0) is 13.9. The van der Waals surface area contributed by atoms with E-state index in [-0.39, 0.29) is 0 Å². The molecule has 1 saturated carbocycles. The summed E-state index contributed by atoms with van der Waals surface area (Å²) in [7, 11) is 0. The van der Waals surface area contributed by atoms with Crippen LogP contribution >= 0.6 is 15.9 Å². The lowest BCUT2D eigenvalue weighted by Crippen LogP contribution is -2.39. The quantitative estimate of drug-likeness (QED) is 0.776. The molecule has 1 aliphatic carbocycles. The highest BCUT2D eigenvalue weighted by Gasteiger charge is 2.24. The first-order chi connectivity index (χ1) is 9.72. The maximum absolute atomic E-state index is 4.83. The average molecular weight is 340 g/mol. The van der Waals surface area contributed by atoms with Gasteiger partial charge in [-0.3, -0.25) is 9.58 Å². The fourth-order valence-electron chi connectivity index (χ4n) is 3.47. The summed E-state index contributed by atoms with van der Waals surface area (Å²) in [4.78, 5) is 3.17. The van der Waals surface area contributed by atoms with E-state index in [4.69, 9.17) is 5.10 Å². The molecule has 0 aromatic carbocycles. The van der Waals surface area contributed by atoms with Crippen LogP contribution < -0.4 is 0 Å². The zero-order valence-electron chi connectivity index (χ0n) is 12.5. The number of alkyl halides is 1. The van der Waals surface area contributed by atoms with Gasteiger partial charge in [0.25, 0.3) is 0 Å². The van der Waals surface area contributed by atoms with Gasteiger partial charge >= 0.3 is 0 Å². The summed E-state index contributed by atoms with van der Waals surface area (Å²) in [6.07, 6.45) is 10.3. The monoisotopic (exact) mass is 339 g/mol. The van der Waals surface area contributed by atoms with Gasteiger partial charge < -0.3 is 0 Å². The Morgan fingerprint density at radius 3 is 2.80 bits per heavy atom. The minimum Gasteiger partial charge on any atom is -0.296 e. The fraction of sp³-hybridized carbons (Fsp3) is 0.812. The van der Waals surface area contributed by atoms with Crippen LogP contribution in [0, 0.1) is 5.92 Å². The molecule has 2 fully saturated rings. The molecular formula is C16H26BrN3. The largest absolute Gasteiger partial charge is 0.296 e. The molecule has 0 radical (unpaired) electrons. The summed E-state index contributed by atoms with van der Waals surface area (Å²) in [5.41, 5.74) is 1.24. The van der Waals surface area contributed by atoms with Gasteiger partial charge in [0, 0.05) is 24.1 Å². The Kier molecular flexibility index (Phi) is 4.82. The third-order valence-corrected chi connectivity index (χ3v) is 6.14. The molecule has 1 aromatic heterocycles. The van der Waals surface area contributed by atoms with Crippen molar-refractivity contribution in [2.45, 2.75) is 62.9 Å². The molecule has 4 heteroatoms. The molecule has 2 unspecified atom stereocenters. The van der Waals surface area contributed by atoms with Crippen LogP contribution in [0.3, 0.4) is 0 Å². The van der Waals surface area contributed by atoms with E-state index in [1.165, 1.54) is 50.8 Å². The van der Waals surface area contributed by atoms with E-state index < -0.39 is 0 Å². The Labute approximate surface area is 130 Å². The number of hydrogen-bond donors (Lipinski definition) is 0. The van der Waals surface area contributed by atoms with Crippen molar-refractivity contribution >= 4 is 15.9 Å². The van der Waals surface area contributed by atoms with Crippen LogP contribution in [0.15, 0.2) is 12.3 Å². The molecule has 1 aromatic rings. The second-order valence-electron chi connectivity index (χ2n) is 6.60. The van der Waals surface area contributed by atoms with Gasteiger partial charge in [-0.2, -0.15) is 5.10 Å². The molecular weight excluding hydrogens is 314 g/mol. The molecule has 0 spiro atoms. The van der Waals surface area contributed by atoms with Gasteiger partial charge in [-0.1, -0.05) is 42.1 Å². The van der Waals surface area contributed by atoms with E-state index in [0.29, 0.717) is 10.9 Å². The molecule has 20 heavy (non-hydrogen) atoms. The first-order valence-electron chi connectivity index (χ1n) is 8.13. The van der Waals surface area contributed by atoms with Crippen molar-refractivity contribution in [1.29, 1.82) is 0 Å². The van der Waals surface area contributed by atoms with Crippen molar-refractivity contribution in [2.75, 3.05) is 13.1 Å². The minimum atomic E-state index is 0.636. The summed E-state index contributed by atoms with van der Waals surface area (Å²) in [6, 6.07) is 2.87. The SMILES string of the molecule is CC1CCN(Cc2ccn(C3CCCCC3)n2)CC1Br. The Morgan fingerprint density at radius 2 is 2.05 bits per heavy atom. The fourth-order valence-corrected chi connectivity index (χ4v) is 4.14. The van der Waals surface area contributed by atoms with Gasteiger partial charge in [-0.05, 0) is 37.8 Å². The minimum absolute atomic E-state index is 0.636. The molecule has 2 heterocycles. The number of nitrogens with zero attached hydrogens (tertiary/aromatic N) is 3. The standard InChI is InChI=1S/C16H26BrN3/c1-13-7-9-19(12-16(13)17)11-14-8-10-20(18-14)15-5-3-2-4-6-15/h8,10,13,15-16H,2-7,9,11-12H2,1H3. The average Bonchev–Trinajstić information content (AvgIpc) is 2.92. The second-order valence-corrected chi connectivity index (χ2v) is 7.77. The molecule has 0 bridgehead atoms. The first kappa shape index (κ1) is 14.6. The number of halogens is 1. The molecule has 0 N–H and O–H groups in total. The Balaban J connectivity index is 1.57. The Morgan fingerprint density at radius 1 is 1.25 bits per heavy atom. The van der Waals surface area contributed by atoms with Crippen LogP contribution in [0.25, 0.3) is 0 Å². The molecule has 1 saturated heterocycles. The second kappa shape index (κ2) is 6.61. The smallest absolute Gasteiger partial charge is 0.0764 e. The van der Waals surface area contributed by atoms with Crippen LogP contribution in [-0.4, -0.2) is 32.6 Å². The van der Waals surface area contributed by atoms with Gasteiger partial charge in [0.15, 0.2) is 0 Å². The van der Waals surface area contributed by atoms with E-state index in [1.807, 2.05) is 0 Å². The maximum atomic E-state index is 4.83. The molecule has 1 aliphatic heterocycles. The Bertz CT molecular complexity index is 425. The molecule has 112 valence electrons. The zero-order valence-corrected chi connectivity index (χ0v) is 14.1. The summed E-state index contributed by atoms with van der Waals surface area (Å²) < 4.78 is 2.23. The van der Waals surface area contributed by atoms with Crippen LogP contribution in [0.5, 0.6) is 0 Å². The topological polar surface area (TPSA) is 21.1 Å². The third-order valence-electron chi connectivity index (χ3n) is 4.95. The number of piperidine rings is 1. The van der Waals surface area contributed by atoms with E-state index in [9.17, 15) is 0 Å². The predicted octanol–water partition coefficient (Wildman–Crippen LogP) is 3.99. The van der Waals surface area contributed by atoms with Crippen molar-refractivity contribution in [2.24, 2.45) is 5.92 Å². The van der Waals surface area contributed by atoms with Crippen molar-refractivity contribution in [3.05, 3.63) is 18.0 Å². The summed E-state index contributed by atoms with van der Waals surface area (Å²) in [5, 5.41) is 4.83. The van der Waals surface area contributed by atoms with Crippen LogP contribution in [0.4, 0.5) is 0 Å². The number of hydrogen-bond acceptors (Lipinski definition) is 2. The first-order valence-corrected chi connectivity index (χ1v) is 9.04. The number of rotatable bonds is 3. The van der Waals surface area contributed by atoms with Crippen LogP contribution in [-0.2, 0) is 6.54 Å². The van der Waals surface area contributed by atoms with E-state index in [0.717, 1.165) is 19.0 Å². The van der Waals surface area contributed by atoms with Crippen molar-refractivity contribution in [3.8, 4) is 0 Å². The highest BCUT2D eigenvalue weighted by molar-refractivity contribution is 9.09. The normalized spacial score (nSPS) is 29.7. The van der Waals surface area contributed by atoms with Crippen LogP contribution in [0.1, 0.15) is 57.2 Å². The lowest BCUT2D eigenvalue weighted by Gasteiger charge is -2.33. The predicted molar refractivity (Wildman–Crippen MR) is 86.1 cm³/mol. The van der Waals surface area contributed by atoms with Gasteiger partial charge in [0.05, 0.1) is 11.7 Å². The molecule has 2 atom stereocenters. The molecule has 3 nitrogen and oxygen atoms in total. The highest BCUT2D eigenvalue weighted by atomic mass is 79.9. The van der Waals surface area contributed by atoms with Crippen molar-refractivity contribution in [1.82, 2.24) is 14.7 Å². The van der Waals surface area contributed by atoms with Gasteiger partial charge in [-0.25, -0.2) is 0 Å². The van der Waals surface area contributed by atoms with E-state index in [1.54, 1.807) is 0 Å². The van der Waals surface area contributed by atoms with Crippen LogP contribution in [0.2, 0.25) is 0 Å². The highest BCUT2D eigenvalue weighted by Crippen LogP contribution is 2.28. The summed E-state index contributed by atoms with van der Waals surface area (Å²) >= 11 is 3.81. The molecule has 2 aliphatic rings. The lowest BCUT2D eigenvalue weighted by molar-refractivity contribution is 0.191. The third kappa shape index (κ3) is 3.45. The lowest BCUT2D eigenvalue weighted by atomic mass is 9.96. The van der Waals surface area contributed by atoms with Gasteiger partial charge in [-0.15, -0.1) is 0 Å². The van der Waals surface area contributed by atoms with Crippen molar-refractivity contribution < 1.29 is 0 Å². The van der Waals surface area contributed by atoms with E-state index in [2.05, 4.69) is 44.7 Å². The summed E-state index contributed by atoms with van der Waals surface area (Å²) in [5.74, 6) is 0.797. The molecule has 3 rings (SSSR count). The maximum Gasteiger partial charge on any atom is 0.0764 e.